The van der Waals surface area contributed by atoms with Gasteiger partial charge in [0.05, 0.1) is 5.41 Å². The van der Waals surface area contributed by atoms with Crippen molar-refractivity contribution in [3.63, 3.8) is 0 Å². The summed E-state index contributed by atoms with van der Waals surface area (Å²) in [7, 11) is -3.61. The second kappa shape index (κ2) is 4.83. The Labute approximate surface area is 124 Å². The van der Waals surface area contributed by atoms with Gasteiger partial charge in [-0.05, 0) is 42.3 Å². The fourth-order valence-electron chi connectivity index (χ4n) is 2.05. The second-order valence-electron chi connectivity index (χ2n) is 4.95. The lowest BCUT2D eigenvalue weighted by Crippen LogP contribution is -2.34. The first-order valence-corrected chi connectivity index (χ1v) is 8.71. The molecule has 0 radical (unpaired) electrons. The molecule has 0 bridgehead atoms. The van der Waals surface area contributed by atoms with Crippen LogP contribution in [0.25, 0.3) is 0 Å². The van der Waals surface area contributed by atoms with Gasteiger partial charge in [-0.2, -0.15) is 4.31 Å². The molecule has 2 rings (SSSR count). The minimum Gasteiger partial charge on any atom is -0.481 e. The number of carbonyl (C=O) groups is 1. The molecule has 0 spiro atoms. The van der Waals surface area contributed by atoms with Gasteiger partial charge in [-0.15, -0.1) is 11.3 Å². The van der Waals surface area contributed by atoms with Gasteiger partial charge in [0.2, 0.25) is 0 Å². The third-order valence-corrected chi connectivity index (χ3v) is 7.86. The smallest absolute Gasteiger partial charge is 0.310 e. The number of thiophene rings is 1. The molecular weight excluding hydrogens is 354 g/mol. The number of hydrogen-bond acceptors (Lipinski definition) is 4. The van der Waals surface area contributed by atoms with Crippen LogP contribution in [-0.2, 0) is 14.8 Å². The van der Waals surface area contributed by atoms with Crippen LogP contribution in [0.3, 0.4) is 0 Å². The molecule has 0 amide bonds. The molecule has 2 heterocycles. The molecular formula is C11H14BrNO4S2. The van der Waals surface area contributed by atoms with Crippen LogP contribution >= 0.6 is 27.3 Å². The normalized spacial score (nSPS) is 24.8. The summed E-state index contributed by atoms with van der Waals surface area (Å²) in [5, 5.41) is 9.16. The Morgan fingerprint density at radius 2 is 2.21 bits per heavy atom. The van der Waals surface area contributed by atoms with Crippen LogP contribution in [0.4, 0.5) is 0 Å². The number of carboxylic acid groups (broad SMARTS) is 1. The second-order valence-corrected chi connectivity index (χ2v) is 9.19. The van der Waals surface area contributed by atoms with Gasteiger partial charge in [0.25, 0.3) is 10.0 Å². The molecule has 1 atom stereocenters. The highest BCUT2D eigenvalue weighted by molar-refractivity contribution is 9.10. The predicted octanol–water partition coefficient (Wildman–Crippen LogP) is 2.30. The Hall–Kier alpha value is -0.440. The van der Waals surface area contributed by atoms with Crippen LogP contribution in [0.15, 0.2) is 14.7 Å². The molecule has 1 aliphatic rings. The molecule has 1 aliphatic heterocycles. The van der Waals surface area contributed by atoms with Crippen LogP contribution in [0.1, 0.15) is 18.2 Å². The van der Waals surface area contributed by atoms with E-state index >= 15 is 0 Å². The minimum atomic E-state index is -3.61. The molecule has 1 unspecified atom stereocenters. The number of carboxylic acids is 1. The summed E-state index contributed by atoms with van der Waals surface area (Å²) in [6.45, 7) is 3.68. The Balaban J connectivity index is 2.33. The Morgan fingerprint density at radius 3 is 2.63 bits per heavy atom. The monoisotopic (exact) mass is 367 g/mol. The van der Waals surface area contributed by atoms with Crippen molar-refractivity contribution >= 4 is 43.3 Å². The van der Waals surface area contributed by atoms with E-state index in [1.54, 1.807) is 13.0 Å². The van der Waals surface area contributed by atoms with Gasteiger partial charge in [-0.25, -0.2) is 8.42 Å². The number of aryl methyl sites for hydroxylation is 1. The van der Waals surface area contributed by atoms with Crippen LogP contribution in [0.2, 0.25) is 0 Å². The first-order chi connectivity index (χ1) is 8.67. The van der Waals surface area contributed by atoms with Gasteiger partial charge >= 0.3 is 5.97 Å². The molecule has 1 saturated heterocycles. The summed E-state index contributed by atoms with van der Waals surface area (Å²) < 4.78 is 27.0. The fraction of sp³-hybridized carbons (Fsp3) is 0.545. The molecule has 106 valence electrons. The van der Waals surface area contributed by atoms with Crippen LogP contribution in [-0.4, -0.2) is 36.9 Å². The molecule has 8 heteroatoms. The summed E-state index contributed by atoms with van der Waals surface area (Å²) in [5.74, 6) is -0.952. The number of rotatable bonds is 3. The molecule has 1 N–H and O–H groups in total. The van der Waals surface area contributed by atoms with Gasteiger partial charge in [0.15, 0.2) is 0 Å². The van der Waals surface area contributed by atoms with E-state index in [-0.39, 0.29) is 17.3 Å². The first kappa shape index (κ1) is 15.0. The third-order valence-electron chi connectivity index (χ3n) is 3.31. The van der Waals surface area contributed by atoms with Gasteiger partial charge < -0.3 is 5.11 Å². The number of aliphatic carboxylic acids is 1. The number of sulfonamides is 1. The summed E-state index contributed by atoms with van der Waals surface area (Å²) >= 11 is 4.44. The lowest BCUT2D eigenvalue weighted by molar-refractivity contribution is -0.146. The van der Waals surface area contributed by atoms with Crippen molar-refractivity contribution in [2.24, 2.45) is 5.41 Å². The van der Waals surface area contributed by atoms with Gasteiger partial charge in [0.1, 0.15) is 4.21 Å². The van der Waals surface area contributed by atoms with Crippen molar-refractivity contribution in [1.82, 2.24) is 4.31 Å². The van der Waals surface area contributed by atoms with Crippen molar-refractivity contribution in [2.45, 2.75) is 24.5 Å². The minimum absolute atomic E-state index is 0.0219. The van der Waals surface area contributed by atoms with E-state index in [4.69, 9.17) is 5.11 Å². The van der Waals surface area contributed by atoms with Crippen molar-refractivity contribution in [3.8, 4) is 0 Å². The molecule has 1 aromatic heterocycles. The van der Waals surface area contributed by atoms with E-state index in [1.807, 2.05) is 6.92 Å². The zero-order chi connectivity index (χ0) is 14.4. The van der Waals surface area contributed by atoms with Crippen molar-refractivity contribution < 1.29 is 18.3 Å². The molecule has 0 saturated carbocycles. The Kier molecular flexibility index (Phi) is 3.81. The summed E-state index contributed by atoms with van der Waals surface area (Å²) in [5.41, 5.74) is -0.994. The van der Waals surface area contributed by atoms with Crippen molar-refractivity contribution in [2.75, 3.05) is 13.1 Å². The average molecular weight is 368 g/mol. The number of halogens is 1. The molecule has 0 aromatic carbocycles. The largest absolute Gasteiger partial charge is 0.481 e. The average Bonchev–Trinajstić information content (AvgIpc) is 2.84. The van der Waals surface area contributed by atoms with Crippen molar-refractivity contribution in [1.29, 1.82) is 0 Å². The highest BCUT2D eigenvalue weighted by Crippen LogP contribution is 2.38. The Bertz CT molecular complexity index is 625. The van der Waals surface area contributed by atoms with E-state index in [0.717, 1.165) is 4.88 Å². The maximum Gasteiger partial charge on any atom is 0.310 e. The van der Waals surface area contributed by atoms with Crippen molar-refractivity contribution in [3.05, 3.63) is 15.4 Å². The molecule has 1 aromatic rings. The SMILES string of the molecule is Cc1cc(Br)c(S(=O)(=O)N2CCC(C)(C(=O)O)C2)s1. The van der Waals surface area contributed by atoms with E-state index in [1.165, 1.54) is 15.6 Å². The number of hydrogen-bond donors (Lipinski definition) is 1. The fourth-order valence-corrected chi connectivity index (χ4v) is 6.49. The summed E-state index contributed by atoms with van der Waals surface area (Å²) in [6, 6.07) is 1.75. The van der Waals surface area contributed by atoms with E-state index in [0.29, 0.717) is 10.9 Å². The van der Waals surface area contributed by atoms with Gasteiger partial charge in [0, 0.05) is 22.4 Å². The van der Waals surface area contributed by atoms with E-state index in [2.05, 4.69) is 15.9 Å². The lowest BCUT2D eigenvalue weighted by Gasteiger charge is -2.19. The molecule has 5 nitrogen and oxygen atoms in total. The maximum absolute atomic E-state index is 12.5. The zero-order valence-electron chi connectivity index (χ0n) is 10.5. The maximum atomic E-state index is 12.5. The highest BCUT2D eigenvalue weighted by Gasteiger charge is 2.45. The van der Waals surface area contributed by atoms with Crippen LogP contribution < -0.4 is 0 Å². The first-order valence-electron chi connectivity index (χ1n) is 5.66. The van der Waals surface area contributed by atoms with Gasteiger partial charge in [-0.1, -0.05) is 0 Å². The van der Waals surface area contributed by atoms with Crippen LogP contribution in [0, 0.1) is 12.3 Å². The topological polar surface area (TPSA) is 74.7 Å². The molecule has 1 fully saturated rings. The van der Waals surface area contributed by atoms with Gasteiger partial charge in [-0.3, -0.25) is 4.79 Å². The highest BCUT2D eigenvalue weighted by atomic mass is 79.9. The third kappa shape index (κ3) is 2.58. The lowest BCUT2D eigenvalue weighted by atomic mass is 9.90. The van der Waals surface area contributed by atoms with Crippen LogP contribution in [0.5, 0.6) is 0 Å². The number of nitrogens with zero attached hydrogens (tertiary/aromatic N) is 1. The standard InChI is InChI=1S/C11H14BrNO4S2/c1-7-5-8(12)9(18-7)19(16,17)13-4-3-11(2,6-13)10(14)15/h5H,3-4,6H2,1-2H3,(H,14,15). The molecule has 0 aliphatic carbocycles. The predicted molar refractivity (Wildman–Crippen MR) is 75.9 cm³/mol. The molecule has 19 heavy (non-hydrogen) atoms. The van der Waals surface area contributed by atoms with E-state index in [9.17, 15) is 13.2 Å². The Morgan fingerprint density at radius 1 is 1.58 bits per heavy atom. The summed E-state index contributed by atoms with van der Waals surface area (Å²) in [6.07, 6.45) is 0.337. The zero-order valence-corrected chi connectivity index (χ0v) is 13.7. The quantitative estimate of drug-likeness (QED) is 0.889. The summed E-state index contributed by atoms with van der Waals surface area (Å²) in [4.78, 5) is 12.1. The van der Waals surface area contributed by atoms with E-state index < -0.39 is 21.4 Å².